The summed E-state index contributed by atoms with van der Waals surface area (Å²) in [6.07, 6.45) is 0. The summed E-state index contributed by atoms with van der Waals surface area (Å²) in [7, 11) is 0. The second-order valence-corrected chi connectivity index (χ2v) is 32.4. The Morgan fingerprint density at radius 3 is 0.944 bits per heavy atom. The van der Waals surface area contributed by atoms with Crippen LogP contribution >= 0.6 is 0 Å². The van der Waals surface area contributed by atoms with E-state index < -0.39 is 0 Å². The number of para-hydroxylation sites is 5. The van der Waals surface area contributed by atoms with Crippen molar-refractivity contribution in [2.75, 3.05) is 0 Å². The summed E-state index contributed by atoms with van der Waals surface area (Å²) >= 11 is 0. The lowest BCUT2D eigenvalue weighted by atomic mass is 9.88. The molecule has 124 heavy (non-hydrogen) atoms. The Hall–Kier alpha value is -16.8. The number of aromatic nitrogens is 10. The first-order chi connectivity index (χ1) is 61.5. The summed E-state index contributed by atoms with van der Waals surface area (Å²) in [4.78, 5) is 33.0. The second kappa shape index (κ2) is 27.4. The number of benzene rings is 18. The van der Waals surface area contributed by atoms with Gasteiger partial charge in [-0.15, -0.1) is 0 Å². The van der Waals surface area contributed by atoms with Crippen molar-refractivity contribution >= 4 is 87.2 Å². The number of hydrogen-bond donors (Lipinski definition) is 0. The first kappa shape index (κ1) is 69.2. The Labute approximate surface area is 712 Å². The SMILES string of the molecule is c1ccc(-c2ccc(-c3nc(-c4ccc(-c5ccccc5)cc4)nc(-n4c5ccccc5c5cc6c(cc54)c4ccc(-c5ccc(-c7cc(-c8ccccc8)cc(-c8nc(-c9ccccc9)nc(-n9c%10ccccc%10c%10cc%11c(cc%109)c9cccc%10c9n%11-c9ccccc9-c9ccccc9-%10)n8)c7)cc5)c5c4n6-c4ccccc4-c4ccccc4-5)n3)cc2)cc1. The molecule has 0 amide bonds. The van der Waals surface area contributed by atoms with Crippen LogP contribution in [0.2, 0.25) is 0 Å². The molecule has 0 saturated carbocycles. The second-order valence-electron chi connectivity index (χ2n) is 32.4. The first-order valence-corrected chi connectivity index (χ1v) is 42.1. The van der Waals surface area contributed by atoms with Crippen molar-refractivity contribution in [1.29, 1.82) is 0 Å². The molecule has 24 aromatic rings. The van der Waals surface area contributed by atoms with Gasteiger partial charge in [-0.3, -0.25) is 9.13 Å². The Bertz CT molecular complexity index is 8460. The maximum Gasteiger partial charge on any atom is 0.238 e. The van der Waals surface area contributed by atoms with Crippen molar-refractivity contribution in [3.05, 3.63) is 413 Å². The maximum atomic E-state index is 5.68. The minimum Gasteiger partial charge on any atom is -0.308 e. The molecule has 26 rings (SSSR count). The minimum atomic E-state index is 0.526. The molecule has 0 aliphatic carbocycles. The van der Waals surface area contributed by atoms with Gasteiger partial charge in [0.05, 0.1) is 55.5 Å². The van der Waals surface area contributed by atoms with Gasteiger partial charge in [0, 0.05) is 87.6 Å². The molecule has 6 aromatic heterocycles. The lowest BCUT2D eigenvalue weighted by Crippen LogP contribution is -2.06. The summed E-state index contributed by atoms with van der Waals surface area (Å²) in [5, 5.41) is 8.95. The summed E-state index contributed by atoms with van der Waals surface area (Å²) in [6.45, 7) is 0. The lowest BCUT2D eigenvalue weighted by molar-refractivity contribution is 0.953. The zero-order valence-electron chi connectivity index (χ0n) is 66.7. The summed E-state index contributed by atoms with van der Waals surface area (Å²) in [5.41, 5.74) is 34.8. The molecule has 10 heteroatoms. The average molecular weight is 1580 g/mol. The van der Waals surface area contributed by atoms with E-state index in [1.54, 1.807) is 0 Å². The molecule has 8 heterocycles. The Kier molecular flexibility index (Phi) is 15.3. The Balaban J connectivity index is 0.635. The van der Waals surface area contributed by atoms with Gasteiger partial charge in [0.25, 0.3) is 0 Å². The number of nitrogens with zero attached hydrogens (tertiary/aromatic N) is 10. The van der Waals surface area contributed by atoms with Crippen LogP contribution in [0, 0.1) is 0 Å². The smallest absolute Gasteiger partial charge is 0.238 e. The Morgan fingerprint density at radius 1 is 0.145 bits per heavy atom. The van der Waals surface area contributed by atoms with Crippen molar-refractivity contribution in [3.63, 3.8) is 0 Å². The van der Waals surface area contributed by atoms with E-state index in [-0.39, 0.29) is 0 Å². The third-order valence-corrected chi connectivity index (χ3v) is 25.6. The highest BCUT2D eigenvalue weighted by atomic mass is 15.2. The average Bonchev–Trinajstić information content (AvgIpc) is 1.55. The van der Waals surface area contributed by atoms with E-state index in [4.69, 9.17) is 29.9 Å². The van der Waals surface area contributed by atoms with Crippen LogP contribution in [-0.2, 0) is 0 Å². The van der Waals surface area contributed by atoms with Crippen LogP contribution in [0.5, 0.6) is 0 Å². The normalized spacial score (nSPS) is 12.0. The van der Waals surface area contributed by atoms with Crippen molar-refractivity contribution in [2.24, 2.45) is 0 Å². The zero-order valence-corrected chi connectivity index (χ0v) is 66.7. The first-order valence-electron chi connectivity index (χ1n) is 42.1. The molecule has 0 atom stereocenters. The lowest BCUT2D eigenvalue weighted by Gasteiger charge is -2.16. The molecule has 0 unspecified atom stereocenters. The van der Waals surface area contributed by atoms with Crippen molar-refractivity contribution in [1.82, 2.24) is 48.2 Å². The quantitative estimate of drug-likeness (QED) is 0.128. The molecule has 2 aliphatic heterocycles. The highest BCUT2D eigenvalue weighted by molar-refractivity contribution is 6.25. The summed E-state index contributed by atoms with van der Waals surface area (Å²) in [5.74, 6) is 3.35. The van der Waals surface area contributed by atoms with Gasteiger partial charge in [0.15, 0.2) is 23.3 Å². The molecule has 0 fully saturated rings. The van der Waals surface area contributed by atoms with E-state index in [0.29, 0.717) is 35.2 Å². The van der Waals surface area contributed by atoms with E-state index >= 15 is 0 Å². The van der Waals surface area contributed by atoms with Gasteiger partial charge < -0.3 is 9.13 Å². The largest absolute Gasteiger partial charge is 0.308 e. The van der Waals surface area contributed by atoms with Gasteiger partial charge in [0.2, 0.25) is 11.9 Å². The van der Waals surface area contributed by atoms with E-state index in [9.17, 15) is 0 Å². The van der Waals surface area contributed by atoms with Gasteiger partial charge in [-0.1, -0.05) is 346 Å². The van der Waals surface area contributed by atoms with E-state index in [1.807, 2.05) is 6.07 Å². The van der Waals surface area contributed by atoms with Crippen LogP contribution in [0.3, 0.4) is 0 Å². The van der Waals surface area contributed by atoms with Crippen LogP contribution in [0.1, 0.15) is 0 Å². The molecular formula is C114H68N10. The highest BCUT2D eigenvalue weighted by Gasteiger charge is 2.32. The van der Waals surface area contributed by atoms with Gasteiger partial charge in [-0.2, -0.15) is 19.9 Å². The van der Waals surface area contributed by atoms with E-state index in [2.05, 4.69) is 425 Å². The fourth-order valence-electron chi connectivity index (χ4n) is 19.9. The Morgan fingerprint density at radius 2 is 0.452 bits per heavy atom. The number of hydrogen-bond acceptors (Lipinski definition) is 6. The summed E-state index contributed by atoms with van der Waals surface area (Å²) < 4.78 is 9.55. The van der Waals surface area contributed by atoms with Gasteiger partial charge in [-0.05, 0) is 145 Å². The molecule has 0 N–H and O–H groups in total. The molecule has 10 nitrogen and oxygen atoms in total. The van der Waals surface area contributed by atoms with Gasteiger partial charge in [0.1, 0.15) is 0 Å². The third kappa shape index (κ3) is 10.7. The predicted molar refractivity (Wildman–Crippen MR) is 508 cm³/mol. The van der Waals surface area contributed by atoms with Crippen molar-refractivity contribution < 1.29 is 0 Å². The van der Waals surface area contributed by atoms with Crippen LogP contribution in [-0.4, -0.2) is 48.2 Å². The van der Waals surface area contributed by atoms with Gasteiger partial charge in [-0.25, -0.2) is 9.97 Å². The van der Waals surface area contributed by atoms with Crippen LogP contribution in [0.25, 0.3) is 256 Å². The van der Waals surface area contributed by atoms with E-state index in [1.165, 1.54) is 38.7 Å². The van der Waals surface area contributed by atoms with Crippen molar-refractivity contribution in [3.8, 4) is 169 Å². The standard InChI is InChI=1S/C114H68N10/c1-5-26-69(27-6-1)72-50-56-77(57-51-72)110-115-111(78-58-52-73(53-59-78)70-28-7-2-8-29-70)119-113(118-110)123-100-46-23-20-40-89(100)95-66-103-97(68-105(95)123)93-61-60-82(106-90-41-16-15-36-85(90)87-38-18-22-45-99(87)122(103)108(93)106)75-54-48-74(49-55-75)80-62-79(71-30-9-3-10-31-71)63-81(64-80)112-116-109(76-32-11-4-12-33-76)117-114(120-112)124-101-47-24-19-39-88(101)94-65-102-96(67-104(94)124)92-43-25-42-91-84-35-14-13-34-83(84)86-37-17-21-44-98(86)121(102)107(91)92/h1-68H. The van der Waals surface area contributed by atoms with E-state index in [0.717, 1.165) is 182 Å². The van der Waals surface area contributed by atoms with Crippen LogP contribution < -0.4 is 0 Å². The topological polar surface area (TPSA) is 97.1 Å². The minimum absolute atomic E-state index is 0.526. The fraction of sp³-hybridized carbons (Fsp3) is 0. The molecule has 2 aliphatic rings. The third-order valence-electron chi connectivity index (χ3n) is 25.6. The van der Waals surface area contributed by atoms with Crippen molar-refractivity contribution in [2.45, 2.75) is 0 Å². The molecule has 0 radical (unpaired) electrons. The zero-order chi connectivity index (χ0) is 81.2. The molecule has 0 saturated heterocycles. The maximum absolute atomic E-state index is 5.68. The predicted octanol–water partition coefficient (Wildman–Crippen LogP) is 28.7. The van der Waals surface area contributed by atoms with Crippen LogP contribution in [0.15, 0.2) is 413 Å². The number of fused-ring (bicyclic) bond motifs is 22. The molecule has 0 spiro atoms. The highest BCUT2D eigenvalue weighted by Crippen LogP contribution is 2.53. The summed E-state index contributed by atoms with van der Waals surface area (Å²) in [6, 6.07) is 149. The van der Waals surface area contributed by atoms with Crippen LogP contribution in [0.4, 0.5) is 0 Å². The molecule has 18 aromatic carbocycles. The van der Waals surface area contributed by atoms with Gasteiger partial charge >= 0.3 is 0 Å². The molecule has 574 valence electrons. The monoisotopic (exact) mass is 1580 g/mol. The molecular weight excluding hydrogens is 1510 g/mol. The fourth-order valence-corrected chi connectivity index (χ4v) is 19.9. The number of rotatable bonds is 11. The molecule has 0 bridgehead atoms.